The van der Waals surface area contributed by atoms with Gasteiger partial charge in [0, 0.05) is 18.7 Å². The number of carbonyl (C=O) groups is 1. The van der Waals surface area contributed by atoms with Gasteiger partial charge in [-0.15, -0.1) is 0 Å². The summed E-state index contributed by atoms with van der Waals surface area (Å²) in [5.41, 5.74) is 1.79. The maximum atomic E-state index is 11.9. The molecule has 0 fully saturated rings. The van der Waals surface area contributed by atoms with Crippen LogP contribution in [0.15, 0.2) is 30.5 Å². The quantitative estimate of drug-likeness (QED) is 0.626. The van der Waals surface area contributed by atoms with Gasteiger partial charge in [-0.2, -0.15) is 4.98 Å². The van der Waals surface area contributed by atoms with Crippen molar-refractivity contribution in [1.29, 1.82) is 0 Å². The molecule has 5 nitrogen and oxygen atoms in total. The first-order valence-corrected chi connectivity index (χ1v) is 7.58. The number of hydrogen-bond acceptors (Lipinski definition) is 4. The van der Waals surface area contributed by atoms with Gasteiger partial charge in [0.05, 0.1) is 11.2 Å². The number of nitrogens with zero attached hydrogens (tertiary/aromatic N) is 2. The summed E-state index contributed by atoms with van der Waals surface area (Å²) in [6, 6.07) is 7.45. The molecule has 1 aromatic carbocycles. The molecule has 0 unspecified atom stereocenters. The summed E-state index contributed by atoms with van der Waals surface area (Å²) in [6.07, 6.45) is 2.18. The number of carbonyl (C=O) groups excluding carboxylic acids is 1. The van der Waals surface area contributed by atoms with Crippen LogP contribution in [0.4, 0.5) is 5.95 Å². The first-order chi connectivity index (χ1) is 10.6. The highest BCUT2D eigenvalue weighted by molar-refractivity contribution is 6.41. The van der Waals surface area contributed by atoms with Crippen molar-refractivity contribution in [3.05, 3.63) is 51.8 Å². The van der Waals surface area contributed by atoms with E-state index < -0.39 is 0 Å². The van der Waals surface area contributed by atoms with Gasteiger partial charge >= 0.3 is 0 Å². The van der Waals surface area contributed by atoms with Crippen LogP contribution in [0.3, 0.4) is 0 Å². The fourth-order valence-corrected chi connectivity index (χ4v) is 1.95. The minimum atomic E-state index is -0.0780. The van der Waals surface area contributed by atoms with E-state index in [4.69, 9.17) is 23.2 Å². The Labute approximate surface area is 139 Å². The first kappa shape index (κ1) is 16.5. The molecule has 0 radical (unpaired) electrons. The zero-order chi connectivity index (χ0) is 15.9. The average Bonchev–Trinajstić information content (AvgIpc) is 2.51. The first-order valence-electron chi connectivity index (χ1n) is 6.83. The van der Waals surface area contributed by atoms with Gasteiger partial charge < -0.3 is 10.6 Å². The fraction of sp³-hybridized carbons (Fsp3) is 0.267. The van der Waals surface area contributed by atoms with Gasteiger partial charge in [-0.05, 0) is 25.5 Å². The Hall–Kier alpha value is -1.85. The van der Waals surface area contributed by atoms with Crippen molar-refractivity contribution < 1.29 is 4.79 Å². The van der Waals surface area contributed by atoms with Gasteiger partial charge in [0.25, 0.3) is 5.91 Å². The molecule has 22 heavy (non-hydrogen) atoms. The largest absolute Gasteiger partial charge is 0.354 e. The molecule has 0 spiro atoms. The predicted molar refractivity (Wildman–Crippen MR) is 88.7 cm³/mol. The molecule has 2 aromatic rings. The Morgan fingerprint density at radius 2 is 1.91 bits per heavy atom. The minimum absolute atomic E-state index is 0.0780. The van der Waals surface area contributed by atoms with Crippen molar-refractivity contribution in [3.8, 4) is 0 Å². The van der Waals surface area contributed by atoms with Gasteiger partial charge in [0.2, 0.25) is 5.95 Å². The topological polar surface area (TPSA) is 66.9 Å². The van der Waals surface area contributed by atoms with Crippen LogP contribution in [0, 0.1) is 6.92 Å². The molecule has 1 heterocycles. The Morgan fingerprint density at radius 3 is 2.59 bits per heavy atom. The number of nitrogens with one attached hydrogen (secondary N) is 2. The molecule has 1 amide bonds. The number of anilines is 1. The Kier molecular flexibility index (Phi) is 5.98. The third kappa shape index (κ3) is 4.86. The number of benzene rings is 1. The van der Waals surface area contributed by atoms with Crippen LogP contribution in [-0.2, 0) is 0 Å². The highest BCUT2D eigenvalue weighted by Gasteiger charge is 2.04. The third-order valence-corrected chi connectivity index (χ3v) is 3.60. The monoisotopic (exact) mass is 338 g/mol. The lowest BCUT2D eigenvalue weighted by Crippen LogP contribution is -2.25. The smallest absolute Gasteiger partial charge is 0.251 e. The van der Waals surface area contributed by atoms with E-state index in [0.29, 0.717) is 29.6 Å². The summed E-state index contributed by atoms with van der Waals surface area (Å²) in [4.78, 5) is 19.9. The van der Waals surface area contributed by atoms with Gasteiger partial charge in [-0.25, -0.2) is 4.98 Å². The summed E-state index contributed by atoms with van der Waals surface area (Å²) in [5.74, 6) is 0.338. The zero-order valence-corrected chi connectivity index (χ0v) is 13.6. The van der Waals surface area contributed by atoms with Crippen LogP contribution in [-0.4, -0.2) is 29.0 Å². The van der Waals surface area contributed by atoms with Crippen molar-refractivity contribution in [2.75, 3.05) is 18.4 Å². The molecule has 2 N–H and O–H groups in total. The van der Waals surface area contributed by atoms with Crippen molar-refractivity contribution in [1.82, 2.24) is 15.3 Å². The highest BCUT2D eigenvalue weighted by atomic mass is 35.5. The van der Waals surface area contributed by atoms with Gasteiger partial charge in [-0.3, -0.25) is 4.79 Å². The normalized spacial score (nSPS) is 10.3. The Balaban J connectivity index is 1.69. The molecule has 116 valence electrons. The number of rotatable bonds is 6. The summed E-state index contributed by atoms with van der Waals surface area (Å²) in [7, 11) is 0. The molecular weight excluding hydrogens is 323 g/mol. The summed E-state index contributed by atoms with van der Waals surface area (Å²) >= 11 is 11.5. The SMILES string of the molecule is Cc1ccc(C(=O)NCCCNc2ncc(Cl)c(Cl)n2)cc1. The molecule has 0 aliphatic heterocycles. The maximum Gasteiger partial charge on any atom is 0.251 e. The van der Waals surface area contributed by atoms with Crippen molar-refractivity contribution in [3.63, 3.8) is 0 Å². The van der Waals surface area contributed by atoms with Crippen LogP contribution in [0.25, 0.3) is 0 Å². The molecule has 7 heteroatoms. The van der Waals surface area contributed by atoms with E-state index in [0.717, 1.165) is 12.0 Å². The number of aryl methyl sites for hydroxylation is 1. The van der Waals surface area contributed by atoms with Crippen molar-refractivity contribution in [2.24, 2.45) is 0 Å². The van der Waals surface area contributed by atoms with E-state index in [1.807, 2.05) is 31.2 Å². The van der Waals surface area contributed by atoms with Crippen LogP contribution < -0.4 is 10.6 Å². The Morgan fingerprint density at radius 1 is 1.18 bits per heavy atom. The predicted octanol–water partition coefficient (Wildman–Crippen LogP) is 3.32. The van der Waals surface area contributed by atoms with E-state index in [9.17, 15) is 4.79 Å². The highest BCUT2D eigenvalue weighted by Crippen LogP contribution is 2.18. The van der Waals surface area contributed by atoms with Crippen LogP contribution in [0.2, 0.25) is 10.2 Å². The number of halogens is 2. The van der Waals surface area contributed by atoms with E-state index in [1.165, 1.54) is 6.20 Å². The summed E-state index contributed by atoms with van der Waals surface area (Å²) in [5, 5.41) is 6.41. The lowest BCUT2D eigenvalue weighted by atomic mass is 10.1. The number of aromatic nitrogens is 2. The minimum Gasteiger partial charge on any atom is -0.354 e. The molecule has 0 atom stereocenters. The molecule has 0 bridgehead atoms. The second kappa shape index (κ2) is 7.96. The fourth-order valence-electron chi connectivity index (χ4n) is 1.73. The maximum absolute atomic E-state index is 11.9. The van der Waals surface area contributed by atoms with Gasteiger partial charge in [0.15, 0.2) is 5.15 Å². The van der Waals surface area contributed by atoms with E-state index >= 15 is 0 Å². The molecule has 0 saturated carbocycles. The van der Waals surface area contributed by atoms with Crippen LogP contribution in [0.5, 0.6) is 0 Å². The molecule has 0 saturated heterocycles. The lowest BCUT2D eigenvalue weighted by molar-refractivity contribution is 0.0953. The number of hydrogen-bond donors (Lipinski definition) is 2. The summed E-state index contributed by atoms with van der Waals surface area (Å²) in [6.45, 7) is 3.16. The second-order valence-electron chi connectivity index (χ2n) is 4.73. The van der Waals surface area contributed by atoms with Gasteiger partial charge in [-0.1, -0.05) is 40.9 Å². The zero-order valence-electron chi connectivity index (χ0n) is 12.1. The molecule has 1 aromatic heterocycles. The van der Waals surface area contributed by atoms with Gasteiger partial charge in [0.1, 0.15) is 0 Å². The Bertz CT molecular complexity index is 646. The number of amides is 1. The van der Waals surface area contributed by atoms with E-state index in [1.54, 1.807) is 0 Å². The lowest BCUT2D eigenvalue weighted by Gasteiger charge is -2.07. The second-order valence-corrected chi connectivity index (χ2v) is 5.50. The van der Waals surface area contributed by atoms with Crippen molar-refractivity contribution in [2.45, 2.75) is 13.3 Å². The molecular formula is C15H16Cl2N4O. The summed E-state index contributed by atoms with van der Waals surface area (Å²) < 4.78 is 0. The van der Waals surface area contributed by atoms with Crippen LogP contribution in [0.1, 0.15) is 22.3 Å². The van der Waals surface area contributed by atoms with E-state index in [2.05, 4.69) is 20.6 Å². The van der Waals surface area contributed by atoms with Crippen molar-refractivity contribution >= 4 is 35.1 Å². The van der Waals surface area contributed by atoms with E-state index in [-0.39, 0.29) is 11.1 Å². The average molecular weight is 339 g/mol. The third-order valence-electron chi connectivity index (χ3n) is 2.94. The molecule has 0 aliphatic carbocycles. The van der Waals surface area contributed by atoms with Crippen LogP contribution >= 0.6 is 23.2 Å². The molecule has 0 aliphatic rings. The molecule has 2 rings (SSSR count). The standard InChI is InChI=1S/C15H16Cl2N4O/c1-10-3-5-11(6-4-10)14(22)18-7-2-8-19-15-20-9-12(16)13(17)21-15/h3-6,9H,2,7-8H2,1H3,(H,18,22)(H,19,20,21).